The molecule has 2 heterocycles. The summed E-state index contributed by atoms with van der Waals surface area (Å²) >= 11 is 0. The van der Waals surface area contributed by atoms with Gasteiger partial charge in [-0.3, -0.25) is 9.69 Å². The number of rotatable bonds is 6. The summed E-state index contributed by atoms with van der Waals surface area (Å²) in [6.45, 7) is 4.77. The van der Waals surface area contributed by atoms with Crippen LogP contribution in [-0.2, 0) is 17.9 Å². The summed E-state index contributed by atoms with van der Waals surface area (Å²) < 4.78 is 1.78. The number of hydrogen-bond acceptors (Lipinski definition) is 4. The van der Waals surface area contributed by atoms with E-state index in [-0.39, 0.29) is 5.91 Å². The van der Waals surface area contributed by atoms with Crippen molar-refractivity contribution < 1.29 is 4.79 Å². The Morgan fingerprint density at radius 1 is 0.848 bits per heavy atom. The molecule has 0 saturated carbocycles. The second kappa shape index (κ2) is 9.79. The lowest BCUT2D eigenvalue weighted by Gasteiger charge is -2.34. The van der Waals surface area contributed by atoms with E-state index in [4.69, 9.17) is 0 Å². The highest BCUT2D eigenvalue weighted by atomic mass is 16.2. The van der Waals surface area contributed by atoms with Crippen LogP contribution >= 0.6 is 0 Å². The zero-order valence-electron chi connectivity index (χ0n) is 18.5. The Morgan fingerprint density at radius 3 is 2.45 bits per heavy atom. The Bertz CT molecular complexity index is 1250. The van der Waals surface area contributed by atoms with Gasteiger partial charge in [-0.15, -0.1) is 5.10 Å². The second-order valence-electron chi connectivity index (χ2n) is 8.40. The van der Waals surface area contributed by atoms with E-state index in [0.717, 1.165) is 38.3 Å². The molecule has 166 valence electrons. The minimum absolute atomic E-state index is 0.0254. The smallest absolute Gasteiger partial charge is 0.246 e. The Morgan fingerprint density at radius 2 is 1.61 bits per heavy atom. The first-order valence-electron chi connectivity index (χ1n) is 11.3. The molecule has 6 nitrogen and oxygen atoms in total. The summed E-state index contributed by atoms with van der Waals surface area (Å²) in [5.41, 5.74) is 3.19. The number of benzene rings is 3. The highest BCUT2D eigenvalue weighted by Crippen LogP contribution is 2.20. The number of amides is 1. The van der Waals surface area contributed by atoms with E-state index in [2.05, 4.69) is 69.8 Å². The number of carbonyl (C=O) groups excluding carboxylic acids is 1. The van der Waals surface area contributed by atoms with Crippen molar-refractivity contribution in [3.8, 4) is 0 Å². The molecule has 1 aromatic heterocycles. The van der Waals surface area contributed by atoms with Crippen molar-refractivity contribution in [3.63, 3.8) is 0 Å². The van der Waals surface area contributed by atoms with Crippen LogP contribution in [0.1, 0.15) is 16.8 Å². The van der Waals surface area contributed by atoms with Crippen LogP contribution in [0.5, 0.6) is 0 Å². The summed E-state index contributed by atoms with van der Waals surface area (Å²) in [7, 11) is 0. The van der Waals surface area contributed by atoms with Gasteiger partial charge in [0, 0.05) is 38.8 Å². The van der Waals surface area contributed by atoms with Crippen LogP contribution in [0.4, 0.5) is 0 Å². The maximum Gasteiger partial charge on any atom is 0.246 e. The fraction of sp³-hybridized carbons (Fsp3) is 0.222. The summed E-state index contributed by atoms with van der Waals surface area (Å²) in [6, 6.07) is 25.1. The molecule has 5 rings (SSSR count). The lowest BCUT2D eigenvalue weighted by Crippen LogP contribution is -2.47. The number of nitrogens with zero attached hydrogens (tertiary/aromatic N) is 5. The summed E-state index contributed by atoms with van der Waals surface area (Å²) in [5.74, 6) is 0.0254. The molecule has 0 bridgehead atoms. The molecule has 1 aliphatic heterocycles. The summed E-state index contributed by atoms with van der Waals surface area (Å²) in [6.07, 6.45) is 5.22. The molecule has 4 aromatic rings. The van der Waals surface area contributed by atoms with Gasteiger partial charge in [-0.2, -0.15) is 0 Å². The first-order chi connectivity index (χ1) is 16.2. The molecule has 6 heteroatoms. The van der Waals surface area contributed by atoms with Gasteiger partial charge in [0.2, 0.25) is 5.91 Å². The number of hydrogen-bond donors (Lipinski definition) is 0. The Kier molecular flexibility index (Phi) is 6.26. The molecule has 1 saturated heterocycles. The number of fused-ring (bicyclic) bond motifs is 1. The zero-order valence-corrected chi connectivity index (χ0v) is 18.5. The van der Waals surface area contributed by atoms with Crippen LogP contribution in [0, 0.1) is 0 Å². The maximum atomic E-state index is 12.7. The summed E-state index contributed by atoms with van der Waals surface area (Å²) in [4.78, 5) is 17.0. The van der Waals surface area contributed by atoms with E-state index in [0.29, 0.717) is 12.2 Å². The third kappa shape index (κ3) is 5.18. The van der Waals surface area contributed by atoms with E-state index in [9.17, 15) is 4.79 Å². The first kappa shape index (κ1) is 21.1. The fourth-order valence-electron chi connectivity index (χ4n) is 4.30. The van der Waals surface area contributed by atoms with E-state index >= 15 is 0 Å². The number of piperazine rings is 1. The molecule has 1 fully saturated rings. The molecule has 33 heavy (non-hydrogen) atoms. The number of carbonyl (C=O) groups is 1. The molecule has 0 atom stereocenters. The van der Waals surface area contributed by atoms with Crippen LogP contribution in [0.25, 0.3) is 16.8 Å². The first-order valence-corrected chi connectivity index (χ1v) is 11.3. The van der Waals surface area contributed by atoms with Gasteiger partial charge in [-0.25, -0.2) is 4.68 Å². The minimum Gasteiger partial charge on any atom is -0.337 e. The highest BCUT2D eigenvalue weighted by molar-refractivity contribution is 5.91. The molecule has 0 spiro atoms. The standard InChI is InChI=1S/C27H27N5O/c33-27(14-13-25-21-32(29-28-25)19-22-7-2-1-3-8-22)31-17-15-30(16-18-31)20-24-11-6-10-23-9-4-5-12-26(23)24/h1-14,21H,15-20H2/b14-13+. The van der Waals surface area contributed by atoms with Crippen molar-refractivity contribution in [1.29, 1.82) is 0 Å². The van der Waals surface area contributed by atoms with Crippen LogP contribution in [-0.4, -0.2) is 56.9 Å². The molecule has 1 amide bonds. The molecule has 3 aromatic carbocycles. The quantitative estimate of drug-likeness (QED) is 0.430. The van der Waals surface area contributed by atoms with Gasteiger partial charge in [0.25, 0.3) is 0 Å². The van der Waals surface area contributed by atoms with Gasteiger partial charge < -0.3 is 4.90 Å². The Hall–Kier alpha value is -3.77. The van der Waals surface area contributed by atoms with E-state index < -0.39 is 0 Å². The Balaban J connectivity index is 1.14. The molecule has 0 radical (unpaired) electrons. The van der Waals surface area contributed by atoms with Crippen molar-refractivity contribution in [2.45, 2.75) is 13.1 Å². The predicted octanol–water partition coefficient (Wildman–Crippen LogP) is 3.84. The van der Waals surface area contributed by atoms with Crippen molar-refractivity contribution in [2.24, 2.45) is 0 Å². The largest absolute Gasteiger partial charge is 0.337 e. The fourth-order valence-corrected chi connectivity index (χ4v) is 4.30. The molecular formula is C27H27N5O. The third-order valence-corrected chi connectivity index (χ3v) is 6.10. The van der Waals surface area contributed by atoms with Crippen LogP contribution in [0.3, 0.4) is 0 Å². The minimum atomic E-state index is 0.0254. The average molecular weight is 438 g/mol. The molecule has 0 unspecified atom stereocenters. The average Bonchev–Trinajstić information content (AvgIpc) is 3.31. The van der Waals surface area contributed by atoms with Crippen LogP contribution < -0.4 is 0 Å². The van der Waals surface area contributed by atoms with Crippen molar-refractivity contribution >= 4 is 22.8 Å². The van der Waals surface area contributed by atoms with Gasteiger partial charge in [-0.1, -0.05) is 78.0 Å². The van der Waals surface area contributed by atoms with E-state index in [1.165, 1.54) is 16.3 Å². The van der Waals surface area contributed by atoms with Crippen LogP contribution in [0.15, 0.2) is 85.1 Å². The van der Waals surface area contributed by atoms with Crippen LogP contribution in [0.2, 0.25) is 0 Å². The molecular weight excluding hydrogens is 410 g/mol. The van der Waals surface area contributed by atoms with Crippen molar-refractivity contribution in [3.05, 3.63) is 102 Å². The monoisotopic (exact) mass is 437 g/mol. The zero-order chi connectivity index (χ0) is 22.5. The highest BCUT2D eigenvalue weighted by Gasteiger charge is 2.20. The third-order valence-electron chi connectivity index (χ3n) is 6.10. The molecule has 1 aliphatic rings. The second-order valence-corrected chi connectivity index (χ2v) is 8.40. The Labute approximate surface area is 193 Å². The lowest BCUT2D eigenvalue weighted by atomic mass is 10.0. The molecule has 0 N–H and O–H groups in total. The maximum absolute atomic E-state index is 12.7. The van der Waals surface area contributed by atoms with E-state index in [1.807, 2.05) is 29.3 Å². The SMILES string of the molecule is O=C(/C=C/c1cn(Cc2ccccc2)nn1)N1CCN(Cc2cccc3ccccc23)CC1. The normalized spacial score (nSPS) is 14.8. The topological polar surface area (TPSA) is 54.3 Å². The number of aromatic nitrogens is 3. The van der Waals surface area contributed by atoms with Gasteiger partial charge in [0.15, 0.2) is 0 Å². The molecule has 0 aliphatic carbocycles. The van der Waals surface area contributed by atoms with Gasteiger partial charge in [-0.05, 0) is 28.0 Å². The van der Waals surface area contributed by atoms with Gasteiger partial charge in [0.05, 0.1) is 12.7 Å². The van der Waals surface area contributed by atoms with Crippen molar-refractivity contribution in [2.75, 3.05) is 26.2 Å². The van der Waals surface area contributed by atoms with Gasteiger partial charge >= 0.3 is 0 Å². The predicted molar refractivity (Wildman–Crippen MR) is 130 cm³/mol. The van der Waals surface area contributed by atoms with Crippen molar-refractivity contribution in [1.82, 2.24) is 24.8 Å². The van der Waals surface area contributed by atoms with Gasteiger partial charge in [0.1, 0.15) is 5.69 Å². The van der Waals surface area contributed by atoms with E-state index in [1.54, 1.807) is 16.8 Å². The lowest BCUT2D eigenvalue weighted by molar-refractivity contribution is -0.127. The summed E-state index contributed by atoms with van der Waals surface area (Å²) in [5, 5.41) is 10.9.